The predicted octanol–water partition coefficient (Wildman–Crippen LogP) is 4.20. The summed E-state index contributed by atoms with van der Waals surface area (Å²) in [6, 6.07) is 7.94. The van der Waals surface area contributed by atoms with E-state index in [0.29, 0.717) is 16.3 Å². The van der Waals surface area contributed by atoms with Gasteiger partial charge in [-0.2, -0.15) is 0 Å². The molecular weight excluding hydrogens is 334 g/mol. The Morgan fingerprint density at radius 2 is 2.22 bits per heavy atom. The van der Waals surface area contributed by atoms with Crippen LogP contribution in [0.4, 0.5) is 0 Å². The third-order valence-electron chi connectivity index (χ3n) is 2.22. The molecule has 1 heterocycles. The first-order chi connectivity index (χ1) is 8.58. The fourth-order valence-corrected chi connectivity index (χ4v) is 3.88. The van der Waals surface area contributed by atoms with Gasteiger partial charge in [0.1, 0.15) is 9.88 Å². The van der Waals surface area contributed by atoms with Gasteiger partial charge >= 0.3 is 5.97 Å². The number of carboxylic acid groups (broad SMARTS) is 1. The molecule has 2 aromatic rings. The van der Waals surface area contributed by atoms with Gasteiger partial charge in [0, 0.05) is 9.37 Å². The fourth-order valence-electron chi connectivity index (χ4n) is 1.41. The second kappa shape index (κ2) is 5.86. The Labute approximate surface area is 121 Å². The third-order valence-corrected chi connectivity index (χ3v) is 5.59. The molecule has 6 heteroatoms. The van der Waals surface area contributed by atoms with Crippen molar-refractivity contribution in [3.8, 4) is 0 Å². The van der Waals surface area contributed by atoms with E-state index in [0.717, 1.165) is 14.4 Å². The van der Waals surface area contributed by atoms with Gasteiger partial charge in [0.15, 0.2) is 0 Å². The summed E-state index contributed by atoms with van der Waals surface area (Å²) in [4.78, 5) is 16.7. The molecule has 94 valence electrons. The average molecular weight is 344 g/mol. The minimum atomic E-state index is -0.901. The molecule has 0 spiro atoms. The summed E-state index contributed by atoms with van der Waals surface area (Å²) in [5.74, 6) is -0.219. The molecule has 0 aliphatic rings. The minimum Gasteiger partial charge on any atom is -0.477 e. The van der Waals surface area contributed by atoms with Gasteiger partial charge in [-0.1, -0.05) is 12.1 Å². The molecule has 0 atom stereocenters. The van der Waals surface area contributed by atoms with Crippen molar-refractivity contribution in [3.05, 3.63) is 44.3 Å². The zero-order valence-electron chi connectivity index (χ0n) is 9.51. The van der Waals surface area contributed by atoms with Crippen LogP contribution >= 0.6 is 39.0 Å². The summed E-state index contributed by atoms with van der Waals surface area (Å²) in [5, 5.41) is 9.80. The monoisotopic (exact) mass is 343 g/mol. The van der Waals surface area contributed by atoms with Gasteiger partial charge in [-0.15, -0.1) is 23.1 Å². The van der Waals surface area contributed by atoms with Crippen LogP contribution in [0.3, 0.4) is 0 Å². The van der Waals surface area contributed by atoms with Crippen LogP contribution in [0.5, 0.6) is 0 Å². The highest BCUT2D eigenvalue weighted by molar-refractivity contribution is 9.10. The van der Waals surface area contributed by atoms with E-state index in [1.54, 1.807) is 18.7 Å². The van der Waals surface area contributed by atoms with Crippen LogP contribution in [-0.4, -0.2) is 16.1 Å². The minimum absolute atomic E-state index is 0.331. The summed E-state index contributed by atoms with van der Waals surface area (Å²) >= 11 is 6.37. The van der Waals surface area contributed by atoms with Crippen molar-refractivity contribution in [1.29, 1.82) is 0 Å². The van der Waals surface area contributed by atoms with Crippen LogP contribution in [0.1, 0.15) is 20.4 Å². The number of aromatic carboxylic acids is 1. The quantitative estimate of drug-likeness (QED) is 0.845. The summed E-state index contributed by atoms with van der Waals surface area (Å²) in [5.41, 5.74) is 0.593. The van der Waals surface area contributed by atoms with Crippen LogP contribution in [0.2, 0.25) is 0 Å². The Balaban J connectivity index is 2.09. The first-order valence-electron chi connectivity index (χ1n) is 5.15. The Morgan fingerprint density at radius 1 is 1.50 bits per heavy atom. The van der Waals surface area contributed by atoms with Crippen molar-refractivity contribution in [2.75, 3.05) is 0 Å². The maximum atomic E-state index is 10.9. The third kappa shape index (κ3) is 3.13. The molecule has 18 heavy (non-hydrogen) atoms. The lowest BCUT2D eigenvalue weighted by Crippen LogP contribution is -1.94. The summed E-state index contributed by atoms with van der Waals surface area (Å²) < 4.78 is 1.04. The molecule has 0 amide bonds. The number of halogens is 1. The van der Waals surface area contributed by atoms with E-state index in [1.165, 1.54) is 11.3 Å². The summed E-state index contributed by atoms with van der Waals surface area (Å²) in [6.45, 7) is 1.73. The number of thiazole rings is 1. The Hall–Kier alpha value is -0.850. The zero-order valence-corrected chi connectivity index (χ0v) is 12.7. The lowest BCUT2D eigenvalue weighted by atomic mass is 10.4. The van der Waals surface area contributed by atoms with Gasteiger partial charge in [-0.05, 0) is 35.0 Å². The first kappa shape index (κ1) is 13.6. The SMILES string of the molecule is Cc1nc(CSc2ccccc2Br)sc1C(=O)O. The Morgan fingerprint density at radius 3 is 2.83 bits per heavy atom. The Kier molecular flexibility index (Phi) is 4.42. The topological polar surface area (TPSA) is 50.2 Å². The fraction of sp³-hybridized carbons (Fsp3) is 0.167. The molecule has 0 aliphatic heterocycles. The van der Waals surface area contributed by atoms with E-state index >= 15 is 0 Å². The second-order valence-corrected chi connectivity index (χ2v) is 6.50. The molecule has 1 aromatic carbocycles. The number of benzene rings is 1. The molecule has 0 saturated carbocycles. The normalized spacial score (nSPS) is 10.6. The molecule has 0 unspecified atom stereocenters. The molecular formula is C12H10BrNO2S2. The molecule has 2 rings (SSSR count). The van der Waals surface area contributed by atoms with Gasteiger partial charge in [-0.25, -0.2) is 9.78 Å². The lowest BCUT2D eigenvalue weighted by molar-refractivity contribution is 0.0701. The lowest BCUT2D eigenvalue weighted by Gasteiger charge is -2.01. The molecule has 0 fully saturated rings. The highest BCUT2D eigenvalue weighted by Gasteiger charge is 2.14. The number of thioether (sulfide) groups is 1. The van der Waals surface area contributed by atoms with Crippen LogP contribution in [0, 0.1) is 6.92 Å². The van der Waals surface area contributed by atoms with Gasteiger partial charge in [0.2, 0.25) is 0 Å². The summed E-state index contributed by atoms with van der Waals surface area (Å²) in [7, 11) is 0. The molecule has 3 nitrogen and oxygen atoms in total. The van der Waals surface area contributed by atoms with E-state index in [9.17, 15) is 4.79 Å². The maximum absolute atomic E-state index is 10.9. The molecule has 0 bridgehead atoms. The highest BCUT2D eigenvalue weighted by atomic mass is 79.9. The largest absolute Gasteiger partial charge is 0.477 e. The zero-order chi connectivity index (χ0) is 13.1. The number of carbonyl (C=O) groups is 1. The van der Waals surface area contributed by atoms with Gasteiger partial charge in [0.05, 0.1) is 11.4 Å². The molecule has 1 N–H and O–H groups in total. The molecule has 0 saturated heterocycles. The molecule has 0 aliphatic carbocycles. The van der Waals surface area contributed by atoms with Crippen LogP contribution in [-0.2, 0) is 5.75 Å². The first-order valence-corrected chi connectivity index (χ1v) is 7.74. The number of nitrogens with zero attached hydrogens (tertiary/aromatic N) is 1. The van der Waals surface area contributed by atoms with Crippen LogP contribution in [0.25, 0.3) is 0 Å². The van der Waals surface area contributed by atoms with Crippen molar-refractivity contribution in [2.45, 2.75) is 17.6 Å². The van der Waals surface area contributed by atoms with Crippen LogP contribution in [0.15, 0.2) is 33.6 Å². The van der Waals surface area contributed by atoms with Crippen molar-refractivity contribution < 1.29 is 9.90 Å². The smallest absolute Gasteiger partial charge is 0.347 e. The van der Waals surface area contributed by atoms with E-state index in [-0.39, 0.29) is 0 Å². The van der Waals surface area contributed by atoms with Crippen molar-refractivity contribution >= 4 is 45.0 Å². The Bertz CT molecular complexity index is 583. The standard InChI is InChI=1S/C12H10BrNO2S2/c1-7-11(12(15)16)18-10(14-7)6-17-9-5-3-2-4-8(9)13/h2-5H,6H2,1H3,(H,15,16). The number of aryl methyl sites for hydroxylation is 1. The van der Waals surface area contributed by atoms with Crippen LogP contribution < -0.4 is 0 Å². The highest BCUT2D eigenvalue weighted by Crippen LogP contribution is 2.31. The van der Waals surface area contributed by atoms with Gasteiger partial charge in [-0.3, -0.25) is 0 Å². The number of aromatic nitrogens is 1. The maximum Gasteiger partial charge on any atom is 0.347 e. The number of hydrogen-bond acceptors (Lipinski definition) is 4. The van der Waals surface area contributed by atoms with E-state index in [4.69, 9.17) is 5.11 Å². The number of carboxylic acids is 1. The molecule has 0 radical (unpaired) electrons. The van der Waals surface area contributed by atoms with Gasteiger partial charge < -0.3 is 5.11 Å². The molecule has 1 aromatic heterocycles. The van der Waals surface area contributed by atoms with Gasteiger partial charge in [0.25, 0.3) is 0 Å². The van der Waals surface area contributed by atoms with Crippen molar-refractivity contribution in [2.24, 2.45) is 0 Å². The second-order valence-electron chi connectivity index (χ2n) is 3.55. The number of hydrogen-bond donors (Lipinski definition) is 1. The summed E-state index contributed by atoms with van der Waals surface area (Å²) in [6.07, 6.45) is 0. The van der Waals surface area contributed by atoms with Crippen molar-refractivity contribution in [1.82, 2.24) is 4.98 Å². The predicted molar refractivity (Wildman–Crippen MR) is 77.5 cm³/mol. The number of rotatable bonds is 4. The van der Waals surface area contributed by atoms with Crippen molar-refractivity contribution in [3.63, 3.8) is 0 Å². The van der Waals surface area contributed by atoms with E-state index in [2.05, 4.69) is 20.9 Å². The van der Waals surface area contributed by atoms with E-state index in [1.807, 2.05) is 24.3 Å². The average Bonchev–Trinajstić information content (AvgIpc) is 2.70. The van der Waals surface area contributed by atoms with E-state index < -0.39 is 5.97 Å².